The highest BCUT2D eigenvalue weighted by Gasteiger charge is 2.48. The Bertz CT molecular complexity index is 1080. The van der Waals surface area contributed by atoms with Crippen molar-refractivity contribution in [2.24, 2.45) is 0 Å². The van der Waals surface area contributed by atoms with E-state index in [2.05, 4.69) is 4.18 Å². The summed E-state index contributed by atoms with van der Waals surface area (Å²) >= 11 is 0. The van der Waals surface area contributed by atoms with Gasteiger partial charge in [0.2, 0.25) is 0 Å². The van der Waals surface area contributed by atoms with Crippen LogP contribution in [0.25, 0.3) is 11.1 Å². The predicted octanol–water partition coefficient (Wildman–Crippen LogP) is 3.70. The summed E-state index contributed by atoms with van der Waals surface area (Å²) in [4.78, 5) is 0. The van der Waals surface area contributed by atoms with Crippen molar-refractivity contribution >= 4 is 20.0 Å². The van der Waals surface area contributed by atoms with E-state index >= 15 is 0 Å². The average molecular weight is 452 g/mol. The van der Waals surface area contributed by atoms with E-state index in [0.29, 0.717) is 23.3 Å². The van der Waals surface area contributed by atoms with Crippen LogP contribution in [0.3, 0.4) is 0 Å². The molecule has 0 N–H and O–H groups in total. The maximum Gasteiger partial charge on any atom is 0.534 e. The van der Waals surface area contributed by atoms with Crippen LogP contribution in [-0.4, -0.2) is 41.0 Å². The monoisotopic (exact) mass is 452 g/mol. The number of alkyl halides is 3. The number of halogens is 3. The summed E-state index contributed by atoms with van der Waals surface area (Å²) in [5.74, 6) is 0.0599. The Labute approximate surface area is 167 Å². The Kier molecular flexibility index (Phi) is 6.84. The number of hydrogen-bond donors (Lipinski definition) is 0. The molecule has 0 amide bonds. The smallest absolute Gasteiger partial charge is 0.494 e. The molecular formula is C18H19F3O6S2. The lowest BCUT2D eigenvalue weighted by Crippen LogP contribution is -2.28. The molecule has 160 valence electrons. The van der Waals surface area contributed by atoms with Crippen LogP contribution in [-0.2, 0) is 20.0 Å². The number of sulfone groups is 1. The number of hydrogen-bond acceptors (Lipinski definition) is 6. The summed E-state index contributed by atoms with van der Waals surface area (Å²) in [5, 5.41) is 0. The Balaban J connectivity index is 2.15. The van der Waals surface area contributed by atoms with Gasteiger partial charge in [-0.05, 0) is 54.3 Å². The standard InChI is InChI=1S/C18H19F3O6S2/c1-13-11-15(26-9-4-10-28(2,22)23)7-8-17(13)14-5-3-6-16(12-14)27-29(24,25)18(19,20)21/h3,5-8,11-12H,4,9-10H2,1-2H3. The van der Waals surface area contributed by atoms with Gasteiger partial charge in [0.05, 0.1) is 12.4 Å². The van der Waals surface area contributed by atoms with Crippen molar-refractivity contribution in [3.63, 3.8) is 0 Å². The third-order valence-electron chi connectivity index (χ3n) is 3.76. The molecule has 2 aromatic carbocycles. The fourth-order valence-corrected chi connectivity index (χ4v) is 3.54. The van der Waals surface area contributed by atoms with Crippen molar-refractivity contribution in [1.82, 2.24) is 0 Å². The lowest BCUT2D eigenvalue weighted by molar-refractivity contribution is -0.0500. The second-order valence-corrected chi connectivity index (χ2v) is 10.1. The van der Waals surface area contributed by atoms with Crippen molar-refractivity contribution in [3.8, 4) is 22.6 Å². The van der Waals surface area contributed by atoms with Crippen LogP contribution in [0.5, 0.6) is 11.5 Å². The molecular weight excluding hydrogens is 433 g/mol. The SMILES string of the molecule is Cc1cc(OCCCS(C)(=O)=O)ccc1-c1cccc(OS(=O)(=O)C(F)(F)F)c1. The zero-order valence-corrected chi connectivity index (χ0v) is 17.2. The maximum atomic E-state index is 12.5. The van der Waals surface area contributed by atoms with Gasteiger partial charge in [0, 0.05) is 6.26 Å². The Morgan fingerprint density at radius 3 is 2.24 bits per heavy atom. The van der Waals surface area contributed by atoms with Gasteiger partial charge in [-0.3, -0.25) is 0 Å². The van der Waals surface area contributed by atoms with Crippen LogP contribution in [0.1, 0.15) is 12.0 Å². The fraction of sp³-hybridized carbons (Fsp3) is 0.333. The fourth-order valence-electron chi connectivity index (χ4n) is 2.45. The van der Waals surface area contributed by atoms with Crippen LogP contribution >= 0.6 is 0 Å². The average Bonchev–Trinajstić information content (AvgIpc) is 2.57. The van der Waals surface area contributed by atoms with Crippen molar-refractivity contribution in [2.45, 2.75) is 18.9 Å². The van der Waals surface area contributed by atoms with Gasteiger partial charge in [-0.2, -0.15) is 21.6 Å². The Morgan fingerprint density at radius 1 is 0.966 bits per heavy atom. The van der Waals surface area contributed by atoms with Gasteiger partial charge in [-0.25, -0.2) is 8.42 Å². The molecule has 29 heavy (non-hydrogen) atoms. The maximum absolute atomic E-state index is 12.5. The van der Waals surface area contributed by atoms with E-state index in [4.69, 9.17) is 4.74 Å². The molecule has 0 heterocycles. The molecule has 6 nitrogen and oxygen atoms in total. The van der Waals surface area contributed by atoms with Gasteiger partial charge in [0.15, 0.2) is 0 Å². The highest BCUT2D eigenvalue weighted by Crippen LogP contribution is 2.32. The van der Waals surface area contributed by atoms with E-state index in [1.807, 2.05) is 0 Å². The third-order valence-corrected chi connectivity index (χ3v) is 5.77. The van der Waals surface area contributed by atoms with Crippen molar-refractivity contribution in [3.05, 3.63) is 48.0 Å². The lowest BCUT2D eigenvalue weighted by Gasteiger charge is -2.13. The van der Waals surface area contributed by atoms with E-state index < -0.39 is 31.2 Å². The molecule has 2 rings (SSSR count). The van der Waals surface area contributed by atoms with Crippen LogP contribution in [0.2, 0.25) is 0 Å². The summed E-state index contributed by atoms with van der Waals surface area (Å²) in [6.45, 7) is 1.96. The predicted molar refractivity (Wildman–Crippen MR) is 102 cm³/mol. The zero-order chi connectivity index (χ0) is 21.9. The molecule has 0 fully saturated rings. The Hall–Kier alpha value is -2.27. The van der Waals surface area contributed by atoms with E-state index in [0.717, 1.165) is 17.9 Å². The van der Waals surface area contributed by atoms with Gasteiger partial charge in [-0.1, -0.05) is 18.2 Å². The first-order chi connectivity index (χ1) is 13.3. The second kappa shape index (κ2) is 8.62. The van der Waals surface area contributed by atoms with Crippen LogP contribution in [0, 0.1) is 6.92 Å². The molecule has 0 aliphatic rings. The molecule has 0 unspecified atom stereocenters. The Morgan fingerprint density at radius 2 is 1.66 bits per heavy atom. The molecule has 0 saturated heterocycles. The number of aryl methyl sites for hydroxylation is 1. The number of benzene rings is 2. The quantitative estimate of drug-likeness (QED) is 0.345. The van der Waals surface area contributed by atoms with Gasteiger partial charge < -0.3 is 8.92 Å². The first-order valence-electron chi connectivity index (χ1n) is 8.31. The second-order valence-electron chi connectivity index (χ2n) is 6.32. The number of ether oxygens (including phenoxy) is 1. The summed E-state index contributed by atoms with van der Waals surface area (Å²) in [5.41, 5.74) is -3.69. The van der Waals surface area contributed by atoms with E-state index in [9.17, 15) is 30.0 Å². The van der Waals surface area contributed by atoms with Gasteiger partial charge in [0.25, 0.3) is 0 Å². The van der Waals surface area contributed by atoms with Crippen molar-refractivity contribution < 1.29 is 38.9 Å². The van der Waals surface area contributed by atoms with Gasteiger partial charge in [0.1, 0.15) is 21.3 Å². The summed E-state index contributed by atoms with van der Waals surface area (Å²) in [6, 6.07) is 10.3. The summed E-state index contributed by atoms with van der Waals surface area (Å²) < 4.78 is 91.7. The zero-order valence-electron chi connectivity index (χ0n) is 15.6. The highest BCUT2D eigenvalue weighted by atomic mass is 32.2. The van der Waals surface area contributed by atoms with E-state index in [1.165, 1.54) is 12.1 Å². The number of rotatable bonds is 8. The largest absolute Gasteiger partial charge is 0.534 e. The van der Waals surface area contributed by atoms with E-state index in [1.54, 1.807) is 31.2 Å². The summed E-state index contributed by atoms with van der Waals surface area (Å²) in [6.07, 6.45) is 1.48. The van der Waals surface area contributed by atoms with Crippen LogP contribution < -0.4 is 8.92 Å². The molecule has 0 aliphatic carbocycles. The minimum atomic E-state index is -5.75. The minimum Gasteiger partial charge on any atom is -0.494 e. The molecule has 0 bridgehead atoms. The summed E-state index contributed by atoms with van der Waals surface area (Å²) in [7, 11) is -8.81. The third kappa shape index (κ3) is 6.64. The molecule has 0 aromatic heterocycles. The van der Waals surface area contributed by atoms with E-state index in [-0.39, 0.29) is 12.4 Å². The van der Waals surface area contributed by atoms with Gasteiger partial charge >= 0.3 is 15.6 Å². The molecule has 11 heteroatoms. The van der Waals surface area contributed by atoms with Crippen LogP contribution in [0.15, 0.2) is 42.5 Å². The lowest BCUT2D eigenvalue weighted by atomic mass is 10.0. The van der Waals surface area contributed by atoms with Crippen LogP contribution in [0.4, 0.5) is 13.2 Å². The topological polar surface area (TPSA) is 86.7 Å². The molecule has 0 aliphatic heterocycles. The molecule has 0 spiro atoms. The molecule has 0 saturated carbocycles. The van der Waals surface area contributed by atoms with Crippen molar-refractivity contribution in [2.75, 3.05) is 18.6 Å². The molecule has 0 radical (unpaired) electrons. The normalized spacial score (nSPS) is 12.6. The highest BCUT2D eigenvalue weighted by molar-refractivity contribution is 7.90. The molecule has 0 atom stereocenters. The molecule has 2 aromatic rings. The van der Waals surface area contributed by atoms with Crippen molar-refractivity contribution in [1.29, 1.82) is 0 Å². The minimum absolute atomic E-state index is 0.0116. The van der Waals surface area contributed by atoms with Gasteiger partial charge in [-0.15, -0.1) is 0 Å². The first kappa shape index (κ1) is 23.0. The first-order valence-corrected chi connectivity index (χ1v) is 11.8.